The van der Waals surface area contributed by atoms with Gasteiger partial charge in [0.2, 0.25) is 0 Å². The van der Waals surface area contributed by atoms with Gasteiger partial charge in [0.25, 0.3) is 0 Å². The Morgan fingerprint density at radius 1 is 1.29 bits per heavy atom. The summed E-state index contributed by atoms with van der Waals surface area (Å²) in [6.45, 7) is 3.05. The minimum absolute atomic E-state index is 0.708. The van der Waals surface area contributed by atoms with E-state index < -0.39 is 0 Å². The highest BCUT2D eigenvalue weighted by atomic mass is 16.5. The molecule has 0 aliphatic heterocycles. The van der Waals surface area contributed by atoms with Crippen LogP contribution in [0.25, 0.3) is 0 Å². The van der Waals surface area contributed by atoms with Crippen LogP contribution in [0, 0.1) is 0 Å². The highest BCUT2D eigenvalue weighted by Gasteiger charge is 2.01. The van der Waals surface area contributed by atoms with Gasteiger partial charge in [-0.1, -0.05) is 6.92 Å². The standard InChI is InChI=1S/C12H16N4O/c1-3-4-14-10-5-11(7-13-6-10)17-12-8-15-16(2)9-12/h5-9,14H,3-4H2,1-2H3. The van der Waals surface area contributed by atoms with Gasteiger partial charge in [0.05, 0.1) is 30.5 Å². The Kier molecular flexibility index (Phi) is 3.59. The van der Waals surface area contributed by atoms with E-state index in [9.17, 15) is 0 Å². The molecule has 2 aromatic heterocycles. The summed E-state index contributed by atoms with van der Waals surface area (Å²) in [4.78, 5) is 4.13. The van der Waals surface area contributed by atoms with Crippen LogP contribution < -0.4 is 10.1 Å². The van der Waals surface area contributed by atoms with E-state index in [0.29, 0.717) is 11.5 Å². The number of ether oxygens (including phenoxy) is 1. The number of nitrogens with one attached hydrogen (secondary N) is 1. The van der Waals surface area contributed by atoms with Gasteiger partial charge in [-0.2, -0.15) is 5.10 Å². The summed E-state index contributed by atoms with van der Waals surface area (Å²) in [5.74, 6) is 1.42. The molecule has 0 spiro atoms. The molecular formula is C12H16N4O. The SMILES string of the molecule is CCCNc1cncc(Oc2cnn(C)c2)c1. The van der Waals surface area contributed by atoms with Gasteiger partial charge >= 0.3 is 0 Å². The average Bonchev–Trinajstić information content (AvgIpc) is 2.73. The van der Waals surface area contributed by atoms with E-state index in [1.807, 2.05) is 19.3 Å². The topological polar surface area (TPSA) is 52.0 Å². The molecule has 5 heteroatoms. The lowest BCUT2D eigenvalue weighted by Gasteiger charge is -2.06. The summed E-state index contributed by atoms with van der Waals surface area (Å²) in [5, 5.41) is 7.30. The Morgan fingerprint density at radius 2 is 2.18 bits per heavy atom. The van der Waals surface area contributed by atoms with Crippen LogP contribution in [0.1, 0.15) is 13.3 Å². The zero-order valence-corrected chi connectivity index (χ0v) is 10.1. The van der Waals surface area contributed by atoms with Crippen LogP contribution in [0.3, 0.4) is 0 Å². The summed E-state index contributed by atoms with van der Waals surface area (Å²) >= 11 is 0. The fraction of sp³-hybridized carbons (Fsp3) is 0.333. The van der Waals surface area contributed by atoms with E-state index in [1.165, 1.54) is 0 Å². The summed E-state index contributed by atoms with van der Waals surface area (Å²) in [5.41, 5.74) is 0.966. The number of hydrogen-bond acceptors (Lipinski definition) is 4. The Morgan fingerprint density at radius 3 is 2.88 bits per heavy atom. The van der Waals surface area contributed by atoms with E-state index in [-0.39, 0.29) is 0 Å². The number of anilines is 1. The number of pyridine rings is 1. The molecule has 0 bridgehead atoms. The third kappa shape index (κ3) is 3.21. The Labute approximate surface area is 100 Å². The lowest BCUT2D eigenvalue weighted by Crippen LogP contribution is -2.00. The van der Waals surface area contributed by atoms with Gasteiger partial charge in [-0.15, -0.1) is 0 Å². The fourth-order valence-corrected chi connectivity index (χ4v) is 1.43. The zero-order chi connectivity index (χ0) is 12.1. The first kappa shape index (κ1) is 11.4. The van der Waals surface area contributed by atoms with Crippen LogP contribution in [0.5, 0.6) is 11.5 Å². The van der Waals surface area contributed by atoms with E-state index >= 15 is 0 Å². The van der Waals surface area contributed by atoms with Crippen molar-refractivity contribution in [2.24, 2.45) is 7.05 Å². The molecule has 0 radical (unpaired) electrons. The third-order valence-electron chi connectivity index (χ3n) is 2.21. The molecule has 0 aromatic carbocycles. The number of rotatable bonds is 5. The molecule has 0 saturated heterocycles. The van der Waals surface area contributed by atoms with Crippen molar-refractivity contribution in [3.05, 3.63) is 30.9 Å². The molecule has 0 unspecified atom stereocenters. The molecule has 0 amide bonds. The number of aromatic nitrogens is 3. The smallest absolute Gasteiger partial charge is 0.165 e. The molecule has 1 N–H and O–H groups in total. The van der Waals surface area contributed by atoms with Crippen molar-refractivity contribution >= 4 is 5.69 Å². The minimum atomic E-state index is 0.708. The largest absolute Gasteiger partial charge is 0.452 e. The van der Waals surface area contributed by atoms with E-state index in [1.54, 1.807) is 23.3 Å². The fourth-order valence-electron chi connectivity index (χ4n) is 1.43. The quantitative estimate of drug-likeness (QED) is 0.860. The van der Waals surface area contributed by atoms with Gasteiger partial charge in [0.1, 0.15) is 5.75 Å². The molecule has 17 heavy (non-hydrogen) atoms. The molecular weight excluding hydrogens is 216 g/mol. The van der Waals surface area contributed by atoms with Gasteiger partial charge in [-0.3, -0.25) is 9.67 Å². The second kappa shape index (κ2) is 5.34. The Bertz CT molecular complexity index is 481. The first-order chi connectivity index (χ1) is 8.28. The molecule has 2 rings (SSSR count). The summed E-state index contributed by atoms with van der Waals surface area (Å²) in [6, 6.07) is 1.93. The first-order valence-electron chi connectivity index (χ1n) is 5.63. The van der Waals surface area contributed by atoms with E-state index in [0.717, 1.165) is 18.7 Å². The van der Waals surface area contributed by atoms with Crippen molar-refractivity contribution in [3.63, 3.8) is 0 Å². The average molecular weight is 232 g/mol. The zero-order valence-electron chi connectivity index (χ0n) is 10.1. The highest BCUT2D eigenvalue weighted by Crippen LogP contribution is 2.22. The predicted octanol–water partition coefficient (Wildman–Crippen LogP) is 2.43. The van der Waals surface area contributed by atoms with Gasteiger partial charge in [-0.25, -0.2) is 0 Å². The van der Waals surface area contributed by atoms with Crippen LogP contribution in [-0.4, -0.2) is 21.3 Å². The van der Waals surface area contributed by atoms with Crippen molar-refractivity contribution in [2.45, 2.75) is 13.3 Å². The number of hydrogen-bond donors (Lipinski definition) is 1. The lowest BCUT2D eigenvalue weighted by molar-refractivity contribution is 0.480. The van der Waals surface area contributed by atoms with Gasteiger partial charge in [-0.05, 0) is 6.42 Å². The van der Waals surface area contributed by atoms with Crippen LogP contribution >= 0.6 is 0 Å². The Hall–Kier alpha value is -2.04. The normalized spacial score (nSPS) is 10.2. The van der Waals surface area contributed by atoms with Crippen LogP contribution in [0.4, 0.5) is 5.69 Å². The second-order valence-corrected chi connectivity index (χ2v) is 3.79. The Balaban J connectivity index is 2.05. The van der Waals surface area contributed by atoms with E-state index in [2.05, 4.69) is 22.3 Å². The number of nitrogens with zero attached hydrogens (tertiary/aromatic N) is 3. The number of aryl methyl sites for hydroxylation is 1. The van der Waals surface area contributed by atoms with Gasteiger partial charge in [0.15, 0.2) is 5.75 Å². The van der Waals surface area contributed by atoms with Gasteiger partial charge in [0, 0.05) is 19.7 Å². The molecule has 2 aromatic rings. The second-order valence-electron chi connectivity index (χ2n) is 3.79. The summed E-state index contributed by atoms with van der Waals surface area (Å²) in [7, 11) is 1.85. The maximum absolute atomic E-state index is 5.63. The minimum Gasteiger partial charge on any atom is -0.452 e. The van der Waals surface area contributed by atoms with Crippen molar-refractivity contribution in [3.8, 4) is 11.5 Å². The van der Waals surface area contributed by atoms with Gasteiger partial charge < -0.3 is 10.1 Å². The lowest BCUT2D eigenvalue weighted by atomic mass is 10.3. The summed E-state index contributed by atoms with van der Waals surface area (Å²) in [6.07, 6.45) is 8.03. The van der Waals surface area contributed by atoms with E-state index in [4.69, 9.17) is 4.74 Å². The van der Waals surface area contributed by atoms with Crippen molar-refractivity contribution in [2.75, 3.05) is 11.9 Å². The van der Waals surface area contributed by atoms with Crippen LogP contribution in [-0.2, 0) is 7.05 Å². The molecule has 0 aliphatic rings. The predicted molar refractivity (Wildman–Crippen MR) is 66.3 cm³/mol. The van der Waals surface area contributed by atoms with Crippen molar-refractivity contribution in [1.29, 1.82) is 0 Å². The monoisotopic (exact) mass is 232 g/mol. The maximum atomic E-state index is 5.63. The summed E-state index contributed by atoms with van der Waals surface area (Å²) < 4.78 is 7.33. The first-order valence-corrected chi connectivity index (χ1v) is 5.63. The van der Waals surface area contributed by atoms with Crippen LogP contribution in [0.15, 0.2) is 30.9 Å². The highest BCUT2D eigenvalue weighted by molar-refractivity contribution is 5.45. The third-order valence-corrected chi connectivity index (χ3v) is 2.21. The molecule has 0 fully saturated rings. The maximum Gasteiger partial charge on any atom is 0.165 e. The van der Waals surface area contributed by atoms with Crippen molar-refractivity contribution < 1.29 is 4.74 Å². The molecule has 0 saturated carbocycles. The van der Waals surface area contributed by atoms with Crippen LogP contribution in [0.2, 0.25) is 0 Å². The molecule has 0 aliphatic carbocycles. The molecule has 2 heterocycles. The molecule has 90 valence electrons. The molecule has 5 nitrogen and oxygen atoms in total. The molecule has 0 atom stereocenters. The van der Waals surface area contributed by atoms with Crippen molar-refractivity contribution in [1.82, 2.24) is 14.8 Å².